The molecule has 3 heterocycles. The van der Waals surface area contributed by atoms with E-state index >= 15 is 0 Å². The molecular weight excluding hydrogens is 740 g/mol. The number of hydrogen-bond acceptors (Lipinski definition) is 1. The standard InChI is InChI=1S/C56H55BN2Si/c1-32-16-20-35(21-17-32)59-48-31-42-37(38-28-43-44(30-41(38)56(42,7)8)55(5,6)25-24-54(43,3)4)27-39(48)40-29-49(60(9,10)11)51-50-36-15-13-12-14-34(36)19-23-47(50)58-46-22-18-33(2)26-45(46)57(59)52(40)53(51)58/h12-23,26-31H,24-25H2,1-11H3. The molecule has 8 aromatic rings. The zero-order valence-electron chi connectivity index (χ0n) is 37.3. The number of rotatable bonds is 2. The molecule has 4 heteroatoms. The fourth-order valence-corrected chi connectivity index (χ4v) is 13.8. The number of anilines is 2. The highest BCUT2D eigenvalue weighted by Gasteiger charge is 2.48. The highest BCUT2D eigenvalue weighted by molar-refractivity contribution is 6.95. The maximum Gasteiger partial charge on any atom is 0.333 e. The van der Waals surface area contributed by atoms with E-state index < -0.39 is 8.07 Å². The lowest BCUT2D eigenvalue weighted by atomic mass is 9.43. The van der Waals surface area contributed by atoms with Gasteiger partial charge in [-0.25, -0.2) is 0 Å². The molecule has 4 aliphatic rings. The third-order valence-corrected chi connectivity index (χ3v) is 17.7. The third kappa shape index (κ3) is 4.61. The SMILES string of the molecule is Cc1ccc(N2B3c4cc(C)ccc4-n4c5ccc6ccccc6c5c5c([Si](C)(C)C)cc(c3c54)-c3cc4c(cc32)C(C)(C)c2cc3c(cc2-4)C(C)(C)CCC3(C)C)cc1. The summed E-state index contributed by atoms with van der Waals surface area (Å²) < 4.78 is 2.67. The molecule has 0 unspecified atom stereocenters. The van der Waals surface area contributed by atoms with Crippen LogP contribution in [0.4, 0.5) is 11.4 Å². The number of nitrogens with zero attached hydrogens (tertiary/aromatic N) is 2. The van der Waals surface area contributed by atoms with Crippen LogP contribution in [0, 0.1) is 13.8 Å². The van der Waals surface area contributed by atoms with Crippen LogP contribution in [0.3, 0.4) is 0 Å². The zero-order valence-corrected chi connectivity index (χ0v) is 38.3. The largest absolute Gasteiger partial charge is 0.376 e. The van der Waals surface area contributed by atoms with Gasteiger partial charge < -0.3 is 9.38 Å². The van der Waals surface area contributed by atoms with E-state index in [1.165, 1.54) is 118 Å². The Morgan fingerprint density at radius 3 is 1.97 bits per heavy atom. The summed E-state index contributed by atoms with van der Waals surface area (Å²) in [6.45, 7) is 27.0. The first-order chi connectivity index (χ1) is 28.5. The van der Waals surface area contributed by atoms with Crippen LogP contribution in [-0.4, -0.2) is 19.5 Å². The molecule has 1 aromatic heterocycles. The van der Waals surface area contributed by atoms with Crippen molar-refractivity contribution in [2.45, 2.75) is 104 Å². The van der Waals surface area contributed by atoms with Gasteiger partial charge >= 0.3 is 6.85 Å². The minimum atomic E-state index is -1.93. The highest BCUT2D eigenvalue weighted by Crippen LogP contribution is 2.57. The summed E-state index contributed by atoms with van der Waals surface area (Å²) in [6, 6.07) is 43.7. The van der Waals surface area contributed by atoms with Gasteiger partial charge in [0.05, 0.1) is 19.1 Å². The van der Waals surface area contributed by atoms with Gasteiger partial charge in [0.25, 0.3) is 0 Å². The molecule has 296 valence electrons. The van der Waals surface area contributed by atoms with Gasteiger partial charge in [0, 0.05) is 38.8 Å². The van der Waals surface area contributed by atoms with Gasteiger partial charge in [-0.15, -0.1) is 0 Å². The average molecular weight is 795 g/mol. The maximum atomic E-state index is 2.73. The van der Waals surface area contributed by atoms with E-state index in [0.29, 0.717) is 0 Å². The van der Waals surface area contributed by atoms with E-state index in [-0.39, 0.29) is 23.1 Å². The molecule has 2 aliphatic carbocycles. The van der Waals surface area contributed by atoms with Crippen molar-refractivity contribution in [1.29, 1.82) is 0 Å². The van der Waals surface area contributed by atoms with E-state index in [4.69, 9.17) is 0 Å². The topological polar surface area (TPSA) is 8.17 Å². The van der Waals surface area contributed by atoms with Crippen LogP contribution in [0.25, 0.3) is 60.5 Å². The first-order valence-electron chi connectivity index (χ1n) is 22.3. The molecule has 60 heavy (non-hydrogen) atoms. The Morgan fingerprint density at radius 1 is 0.567 bits per heavy atom. The van der Waals surface area contributed by atoms with E-state index in [0.717, 1.165) is 0 Å². The molecule has 0 bridgehead atoms. The van der Waals surface area contributed by atoms with Crippen LogP contribution < -0.4 is 20.9 Å². The van der Waals surface area contributed by atoms with E-state index in [2.05, 4.69) is 194 Å². The van der Waals surface area contributed by atoms with Crippen LogP contribution in [0.15, 0.2) is 109 Å². The minimum absolute atomic E-state index is 0.00483. The molecule has 0 saturated heterocycles. The summed E-state index contributed by atoms with van der Waals surface area (Å²) in [5, 5.41) is 7.08. The Bertz CT molecular complexity index is 3240. The molecule has 2 aliphatic heterocycles. The summed E-state index contributed by atoms with van der Waals surface area (Å²) in [5.41, 5.74) is 23.8. The fourth-order valence-electron chi connectivity index (χ4n) is 12.2. The molecule has 7 aromatic carbocycles. The molecule has 0 saturated carbocycles. The molecule has 0 spiro atoms. The van der Waals surface area contributed by atoms with Gasteiger partial charge in [0.15, 0.2) is 0 Å². The highest BCUT2D eigenvalue weighted by atomic mass is 28.3. The molecule has 12 rings (SSSR count). The number of fused-ring (bicyclic) bond motifs is 14. The molecule has 0 fully saturated rings. The van der Waals surface area contributed by atoms with Gasteiger partial charge in [-0.2, -0.15) is 0 Å². The molecular formula is C56H55BN2Si. The lowest BCUT2D eigenvalue weighted by Crippen LogP contribution is -2.61. The number of aromatic nitrogens is 1. The van der Waals surface area contributed by atoms with E-state index in [1.54, 1.807) is 16.3 Å². The van der Waals surface area contributed by atoms with Crippen LogP contribution in [0.5, 0.6) is 0 Å². The first-order valence-corrected chi connectivity index (χ1v) is 25.8. The monoisotopic (exact) mass is 794 g/mol. The van der Waals surface area contributed by atoms with Crippen molar-refractivity contribution in [2.75, 3.05) is 4.81 Å². The number of aryl methyl sites for hydroxylation is 2. The van der Waals surface area contributed by atoms with Crippen LogP contribution in [0.1, 0.15) is 87.8 Å². The smallest absolute Gasteiger partial charge is 0.333 e. The van der Waals surface area contributed by atoms with Crippen molar-refractivity contribution >= 4 is 75.0 Å². The zero-order chi connectivity index (χ0) is 41.6. The molecule has 0 N–H and O–H groups in total. The molecule has 0 amide bonds. The van der Waals surface area contributed by atoms with Crippen molar-refractivity contribution in [3.8, 4) is 27.9 Å². The van der Waals surface area contributed by atoms with Crippen molar-refractivity contribution in [3.63, 3.8) is 0 Å². The summed E-state index contributed by atoms with van der Waals surface area (Å²) in [7, 11) is -1.93. The maximum absolute atomic E-state index is 2.73. The number of benzene rings is 7. The van der Waals surface area contributed by atoms with Gasteiger partial charge in [-0.3, -0.25) is 0 Å². The first kappa shape index (κ1) is 36.5. The minimum Gasteiger partial charge on any atom is -0.376 e. The molecule has 0 atom stereocenters. The van der Waals surface area contributed by atoms with Gasteiger partial charge in [-0.05, 0) is 146 Å². The lowest BCUT2D eigenvalue weighted by molar-refractivity contribution is 0.331. The predicted octanol–water partition coefficient (Wildman–Crippen LogP) is 13.0. The quantitative estimate of drug-likeness (QED) is 0.158. The fraction of sp³-hybridized carbons (Fsp3) is 0.286. The summed E-state index contributed by atoms with van der Waals surface area (Å²) in [4.78, 5) is 2.73. The van der Waals surface area contributed by atoms with E-state index in [1.807, 2.05) is 0 Å². The summed E-state index contributed by atoms with van der Waals surface area (Å²) in [6.07, 6.45) is 2.44. The molecule has 0 radical (unpaired) electrons. The summed E-state index contributed by atoms with van der Waals surface area (Å²) in [5.74, 6) is 0. The van der Waals surface area contributed by atoms with Crippen molar-refractivity contribution in [3.05, 3.63) is 143 Å². The summed E-state index contributed by atoms with van der Waals surface area (Å²) >= 11 is 0. The molecule has 2 nitrogen and oxygen atoms in total. The Hall–Kier alpha value is -5.32. The Morgan fingerprint density at radius 2 is 1.23 bits per heavy atom. The second-order valence-electron chi connectivity index (χ2n) is 21.8. The van der Waals surface area contributed by atoms with Gasteiger partial charge in [-0.1, -0.05) is 139 Å². The van der Waals surface area contributed by atoms with Gasteiger partial charge in [0.2, 0.25) is 0 Å². The van der Waals surface area contributed by atoms with Crippen LogP contribution >= 0.6 is 0 Å². The average Bonchev–Trinajstić information content (AvgIpc) is 3.67. The Labute approximate surface area is 357 Å². The van der Waals surface area contributed by atoms with Crippen molar-refractivity contribution in [1.82, 2.24) is 4.57 Å². The Kier molecular flexibility index (Phi) is 7.02. The lowest BCUT2D eigenvalue weighted by Gasteiger charge is -2.43. The predicted molar refractivity (Wildman–Crippen MR) is 263 cm³/mol. The normalized spacial score (nSPS) is 17.4. The van der Waals surface area contributed by atoms with Crippen LogP contribution in [0.2, 0.25) is 19.6 Å². The van der Waals surface area contributed by atoms with Gasteiger partial charge in [0.1, 0.15) is 0 Å². The third-order valence-electron chi connectivity index (χ3n) is 15.6. The number of hydrogen-bond donors (Lipinski definition) is 0. The van der Waals surface area contributed by atoms with E-state index in [9.17, 15) is 0 Å². The van der Waals surface area contributed by atoms with Crippen LogP contribution in [-0.2, 0) is 16.2 Å². The van der Waals surface area contributed by atoms with Crippen molar-refractivity contribution in [2.24, 2.45) is 0 Å². The second kappa shape index (κ2) is 11.5. The second-order valence-corrected chi connectivity index (χ2v) is 26.8. The van der Waals surface area contributed by atoms with Crippen molar-refractivity contribution < 1.29 is 0 Å². The Balaban J connectivity index is 1.27.